The number of hydrogen-bond acceptors (Lipinski definition) is 3. The van der Waals surface area contributed by atoms with Crippen LogP contribution in [0.25, 0.3) is 11.5 Å². The molecule has 0 N–H and O–H groups in total. The van der Waals surface area contributed by atoms with Crippen LogP contribution >= 0.6 is 15.9 Å². The number of ether oxygens (including phenoxy) is 1. The summed E-state index contributed by atoms with van der Waals surface area (Å²) < 4.78 is 11.5. The van der Waals surface area contributed by atoms with Crippen molar-refractivity contribution in [3.8, 4) is 17.2 Å². The molecule has 78 valence electrons. The summed E-state index contributed by atoms with van der Waals surface area (Å²) in [6.07, 6.45) is 1.70. The molecule has 2 aromatic rings. The number of hydrogen-bond donors (Lipinski definition) is 0. The molecule has 0 spiro atoms. The Kier molecular flexibility index (Phi) is 2.77. The van der Waals surface area contributed by atoms with Gasteiger partial charge in [-0.25, -0.2) is 4.98 Å². The number of rotatable bonds is 2. The number of benzene rings is 1. The molecule has 3 nitrogen and oxygen atoms in total. The third kappa shape index (κ3) is 2.04. The van der Waals surface area contributed by atoms with Gasteiger partial charge < -0.3 is 9.15 Å². The zero-order valence-electron chi connectivity index (χ0n) is 8.45. The summed E-state index contributed by atoms with van der Waals surface area (Å²) >= 11 is 3.45. The molecular formula is C11H10BrNO2. The first-order valence-corrected chi connectivity index (χ1v) is 5.26. The molecule has 0 fully saturated rings. The molecular weight excluding hydrogens is 258 g/mol. The molecule has 0 unspecified atom stereocenters. The van der Waals surface area contributed by atoms with Gasteiger partial charge in [0.25, 0.3) is 0 Å². The fraction of sp³-hybridized carbons (Fsp3) is 0.182. The Labute approximate surface area is 96.2 Å². The van der Waals surface area contributed by atoms with Crippen molar-refractivity contribution >= 4 is 15.9 Å². The lowest BCUT2D eigenvalue weighted by molar-refractivity contribution is 0.414. The van der Waals surface area contributed by atoms with Crippen LogP contribution in [0.2, 0.25) is 0 Å². The van der Waals surface area contributed by atoms with Crippen molar-refractivity contribution in [2.75, 3.05) is 7.11 Å². The van der Waals surface area contributed by atoms with Crippen molar-refractivity contribution in [1.29, 1.82) is 0 Å². The number of oxazole rings is 1. The van der Waals surface area contributed by atoms with Crippen molar-refractivity contribution in [3.05, 3.63) is 34.6 Å². The van der Waals surface area contributed by atoms with E-state index in [9.17, 15) is 0 Å². The standard InChI is InChI=1S/C11H10BrNO2/c1-7-6-13-11(15-7)9-5-8(14-2)3-4-10(9)12/h3-6H,1-2H3. The first-order valence-electron chi connectivity index (χ1n) is 4.47. The predicted molar refractivity (Wildman–Crippen MR) is 60.9 cm³/mol. The molecule has 1 aromatic heterocycles. The van der Waals surface area contributed by atoms with Gasteiger partial charge in [0.2, 0.25) is 5.89 Å². The van der Waals surface area contributed by atoms with Gasteiger partial charge in [-0.2, -0.15) is 0 Å². The highest BCUT2D eigenvalue weighted by molar-refractivity contribution is 9.10. The maximum Gasteiger partial charge on any atom is 0.227 e. The highest BCUT2D eigenvalue weighted by Crippen LogP contribution is 2.31. The molecule has 0 aliphatic rings. The number of nitrogens with zero attached hydrogens (tertiary/aromatic N) is 1. The van der Waals surface area contributed by atoms with E-state index in [1.54, 1.807) is 13.3 Å². The molecule has 4 heteroatoms. The van der Waals surface area contributed by atoms with Crippen molar-refractivity contribution in [2.24, 2.45) is 0 Å². The molecule has 0 atom stereocenters. The van der Waals surface area contributed by atoms with E-state index in [4.69, 9.17) is 9.15 Å². The van der Waals surface area contributed by atoms with E-state index in [1.165, 1.54) is 0 Å². The van der Waals surface area contributed by atoms with Crippen LogP contribution in [0.4, 0.5) is 0 Å². The lowest BCUT2D eigenvalue weighted by Crippen LogP contribution is -1.85. The van der Waals surface area contributed by atoms with Crippen LogP contribution in [0.3, 0.4) is 0 Å². The molecule has 1 aromatic carbocycles. The molecule has 0 aliphatic carbocycles. The molecule has 0 radical (unpaired) electrons. The van der Waals surface area contributed by atoms with Gasteiger partial charge in [-0.1, -0.05) is 0 Å². The number of methoxy groups -OCH3 is 1. The van der Waals surface area contributed by atoms with E-state index in [0.717, 1.165) is 21.5 Å². The minimum absolute atomic E-state index is 0.596. The summed E-state index contributed by atoms with van der Waals surface area (Å²) in [6, 6.07) is 5.67. The Morgan fingerprint density at radius 1 is 1.40 bits per heavy atom. The molecule has 15 heavy (non-hydrogen) atoms. The minimum Gasteiger partial charge on any atom is -0.497 e. The topological polar surface area (TPSA) is 35.3 Å². The monoisotopic (exact) mass is 267 g/mol. The summed E-state index contributed by atoms with van der Waals surface area (Å²) in [7, 11) is 1.63. The molecule has 0 amide bonds. The van der Waals surface area contributed by atoms with Gasteiger partial charge >= 0.3 is 0 Å². The zero-order valence-corrected chi connectivity index (χ0v) is 10.0. The lowest BCUT2D eigenvalue weighted by Gasteiger charge is -2.03. The highest BCUT2D eigenvalue weighted by atomic mass is 79.9. The van der Waals surface area contributed by atoms with Gasteiger partial charge in [0.05, 0.1) is 18.9 Å². The van der Waals surface area contributed by atoms with Crippen molar-refractivity contribution in [3.63, 3.8) is 0 Å². The summed E-state index contributed by atoms with van der Waals surface area (Å²) in [6.45, 7) is 1.87. The third-order valence-corrected chi connectivity index (χ3v) is 2.72. The van der Waals surface area contributed by atoms with Crippen molar-refractivity contribution in [2.45, 2.75) is 6.92 Å². The third-order valence-electron chi connectivity index (χ3n) is 2.03. The average Bonchev–Trinajstić information content (AvgIpc) is 2.65. The SMILES string of the molecule is COc1ccc(Br)c(-c2ncc(C)o2)c1. The van der Waals surface area contributed by atoms with Crippen LogP contribution in [-0.4, -0.2) is 12.1 Å². The molecule has 0 bridgehead atoms. The maximum atomic E-state index is 5.45. The van der Waals surface area contributed by atoms with Gasteiger partial charge in [-0.05, 0) is 41.1 Å². The maximum absolute atomic E-state index is 5.45. The molecule has 1 heterocycles. The number of halogens is 1. The summed E-state index contributed by atoms with van der Waals surface area (Å²) in [4.78, 5) is 4.17. The van der Waals surface area contributed by atoms with Crippen LogP contribution in [0, 0.1) is 6.92 Å². The smallest absolute Gasteiger partial charge is 0.227 e. The Hall–Kier alpha value is -1.29. The van der Waals surface area contributed by atoms with Crippen molar-refractivity contribution in [1.82, 2.24) is 4.98 Å². The van der Waals surface area contributed by atoms with E-state index in [1.807, 2.05) is 25.1 Å². The predicted octanol–water partition coefficient (Wildman–Crippen LogP) is 3.42. The Bertz CT molecular complexity index is 479. The molecule has 0 aliphatic heterocycles. The second-order valence-electron chi connectivity index (χ2n) is 3.12. The summed E-state index contributed by atoms with van der Waals surface area (Å²) in [5, 5.41) is 0. The molecule has 0 saturated carbocycles. The second kappa shape index (κ2) is 4.06. The Balaban J connectivity index is 2.51. The Morgan fingerprint density at radius 3 is 2.80 bits per heavy atom. The Morgan fingerprint density at radius 2 is 2.20 bits per heavy atom. The molecule has 0 saturated heterocycles. The number of aryl methyl sites for hydroxylation is 1. The van der Waals surface area contributed by atoms with Crippen LogP contribution < -0.4 is 4.74 Å². The van der Waals surface area contributed by atoms with Crippen LogP contribution in [0.1, 0.15) is 5.76 Å². The van der Waals surface area contributed by atoms with E-state index < -0.39 is 0 Å². The molecule has 2 rings (SSSR count). The van der Waals surface area contributed by atoms with E-state index >= 15 is 0 Å². The van der Waals surface area contributed by atoms with E-state index in [-0.39, 0.29) is 0 Å². The van der Waals surface area contributed by atoms with Gasteiger partial charge in [0.15, 0.2) is 0 Å². The van der Waals surface area contributed by atoms with Crippen LogP contribution in [0.5, 0.6) is 5.75 Å². The fourth-order valence-electron chi connectivity index (χ4n) is 1.27. The van der Waals surface area contributed by atoms with Gasteiger partial charge in [0, 0.05) is 4.47 Å². The summed E-state index contributed by atoms with van der Waals surface area (Å²) in [5.74, 6) is 2.17. The minimum atomic E-state index is 0.596. The van der Waals surface area contributed by atoms with Gasteiger partial charge in [-0.3, -0.25) is 0 Å². The van der Waals surface area contributed by atoms with Crippen LogP contribution in [-0.2, 0) is 0 Å². The van der Waals surface area contributed by atoms with Gasteiger partial charge in [0.1, 0.15) is 11.5 Å². The van der Waals surface area contributed by atoms with Crippen molar-refractivity contribution < 1.29 is 9.15 Å². The average molecular weight is 268 g/mol. The largest absolute Gasteiger partial charge is 0.497 e. The lowest BCUT2D eigenvalue weighted by atomic mass is 10.2. The second-order valence-corrected chi connectivity index (χ2v) is 3.98. The first kappa shape index (κ1) is 10.2. The van der Waals surface area contributed by atoms with Gasteiger partial charge in [-0.15, -0.1) is 0 Å². The first-order chi connectivity index (χ1) is 7.20. The summed E-state index contributed by atoms with van der Waals surface area (Å²) in [5.41, 5.74) is 0.891. The quantitative estimate of drug-likeness (QED) is 0.837. The van der Waals surface area contributed by atoms with E-state index in [0.29, 0.717) is 5.89 Å². The highest BCUT2D eigenvalue weighted by Gasteiger charge is 2.09. The van der Waals surface area contributed by atoms with E-state index in [2.05, 4.69) is 20.9 Å². The normalized spacial score (nSPS) is 10.3. The number of aromatic nitrogens is 1. The zero-order chi connectivity index (χ0) is 10.8. The van der Waals surface area contributed by atoms with Crippen LogP contribution in [0.15, 0.2) is 33.3 Å². The fourth-order valence-corrected chi connectivity index (χ4v) is 1.69.